The fourth-order valence-electron chi connectivity index (χ4n) is 1.57. The summed E-state index contributed by atoms with van der Waals surface area (Å²) in [4.78, 5) is 17.3. The lowest BCUT2D eigenvalue weighted by atomic mass is 10.2. The third-order valence-electron chi connectivity index (χ3n) is 2.49. The molecular weight excluding hydrogens is 264 g/mol. The number of carbonyl (C=O) groups excluding carboxylic acids is 1. The smallest absolute Gasteiger partial charge is 0.261 e. The van der Waals surface area contributed by atoms with Gasteiger partial charge in [0, 0.05) is 11.1 Å². The molecule has 19 heavy (non-hydrogen) atoms. The molecule has 2 rings (SSSR count). The largest absolute Gasteiger partial charge is 0.497 e. The number of methoxy groups -OCH3 is 2. The summed E-state index contributed by atoms with van der Waals surface area (Å²) in [6, 6.07) is 5.07. The van der Waals surface area contributed by atoms with E-state index in [0.29, 0.717) is 22.2 Å². The average Bonchev–Trinajstić information content (AvgIpc) is 2.83. The molecule has 1 aromatic heterocycles. The van der Waals surface area contributed by atoms with Crippen LogP contribution < -0.4 is 14.8 Å². The molecule has 0 fully saturated rings. The van der Waals surface area contributed by atoms with Gasteiger partial charge in [0.2, 0.25) is 0 Å². The number of aryl methyl sites for hydroxylation is 1. The van der Waals surface area contributed by atoms with Gasteiger partial charge in [-0.15, -0.1) is 11.3 Å². The van der Waals surface area contributed by atoms with Gasteiger partial charge in [-0.3, -0.25) is 10.1 Å². The van der Waals surface area contributed by atoms with Gasteiger partial charge in [0.25, 0.3) is 5.91 Å². The summed E-state index contributed by atoms with van der Waals surface area (Å²) in [5.74, 6) is 0.818. The monoisotopic (exact) mass is 278 g/mol. The lowest BCUT2D eigenvalue weighted by Gasteiger charge is -2.09. The molecule has 1 N–H and O–H groups in total. The number of nitrogens with one attached hydrogen (secondary N) is 1. The van der Waals surface area contributed by atoms with Crippen molar-refractivity contribution in [3.05, 3.63) is 34.8 Å². The van der Waals surface area contributed by atoms with E-state index in [1.54, 1.807) is 31.5 Å². The molecule has 6 heteroatoms. The van der Waals surface area contributed by atoms with Crippen LogP contribution in [0.4, 0.5) is 5.13 Å². The average molecular weight is 278 g/mol. The van der Waals surface area contributed by atoms with Gasteiger partial charge in [-0.05, 0) is 25.1 Å². The second kappa shape index (κ2) is 5.71. The van der Waals surface area contributed by atoms with E-state index in [1.165, 1.54) is 18.4 Å². The third-order valence-corrected chi connectivity index (χ3v) is 3.32. The van der Waals surface area contributed by atoms with Crippen molar-refractivity contribution in [1.29, 1.82) is 0 Å². The molecule has 0 radical (unpaired) electrons. The number of thiazole rings is 1. The molecule has 1 amide bonds. The van der Waals surface area contributed by atoms with Gasteiger partial charge in [-0.2, -0.15) is 0 Å². The molecule has 5 nitrogen and oxygen atoms in total. The first-order chi connectivity index (χ1) is 9.13. The van der Waals surface area contributed by atoms with Gasteiger partial charge in [0.15, 0.2) is 5.13 Å². The highest BCUT2D eigenvalue weighted by molar-refractivity contribution is 7.15. The van der Waals surface area contributed by atoms with Gasteiger partial charge in [-0.1, -0.05) is 0 Å². The maximum absolute atomic E-state index is 12.2. The summed E-state index contributed by atoms with van der Waals surface area (Å²) in [6.45, 7) is 1.93. The van der Waals surface area contributed by atoms with Gasteiger partial charge >= 0.3 is 0 Å². The molecule has 1 heterocycles. The minimum Gasteiger partial charge on any atom is -0.497 e. The zero-order valence-corrected chi connectivity index (χ0v) is 11.7. The van der Waals surface area contributed by atoms with Gasteiger partial charge in [-0.25, -0.2) is 4.98 Å². The van der Waals surface area contributed by atoms with E-state index in [1.807, 2.05) is 6.92 Å². The first kappa shape index (κ1) is 13.4. The number of amides is 1. The van der Waals surface area contributed by atoms with Crippen molar-refractivity contribution < 1.29 is 14.3 Å². The third kappa shape index (κ3) is 3.03. The molecule has 0 bridgehead atoms. The highest BCUT2D eigenvalue weighted by Gasteiger charge is 2.15. The lowest BCUT2D eigenvalue weighted by molar-refractivity contribution is 0.102. The van der Waals surface area contributed by atoms with E-state index in [2.05, 4.69) is 10.3 Å². The number of hydrogen-bond donors (Lipinski definition) is 1. The number of hydrogen-bond acceptors (Lipinski definition) is 5. The standard InChI is InChI=1S/C13H14N2O3S/c1-8-7-14-13(19-8)15-12(16)10-6-9(17-2)4-5-11(10)18-3/h4-7H,1-3H3,(H,14,15,16). The SMILES string of the molecule is COc1ccc(OC)c(C(=O)Nc2ncc(C)s2)c1. The van der Waals surface area contributed by atoms with E-state index >= 15 is 0 Å². The molecule has 0 unspecified atom stereocenters. The molecular formula is C13H14N2O3S. The predicted molar refractivity (Wildman–Crippen MR) is 74.4 cm³/mol. The van der Waals surface area contributed by atoms with Crippen LogP contribution in [0.2, 0.25) is 0 Å². The molecule has 0 spiro atoms. The van der Waals surface area contributed by atoms with Crippen LogP contribution in [0.1, 0.15) is 15.2 Å². The van der Waals surface area contributed by atoms with E-state index in [-0.39, 0.29) is 5.91 Å². The maximum atomic E-state index is 12.2. The van der Waals surface area contributed by atoms with E-state index in [4.69, 9.17) is 9.47 Å². The first-order valence-corrected chi connectivity index (χ1v) is 6.41. The fraction of sp³-hybridized carbons (Fsp3) is 0.231. The van der Waals surface area contributed by atoms with E-state index < -0.39 is 0 Å². The van der Waals surface area contributed by atoms with Crippen LogP contribution >= 0.6 is 11.3 Å². The zero-order chi connectivity index (χ0) is 13.8. The molecule has 100 valence electrons. The van der Waals surface area contributed by atoms with Crippen molar-refractivity contribution in [1.82, 2.24) is 4.98 Å². The molecule has 2 aromatic rings. The van der Waals surface area contributed by atoms with Crippen LogP contribution in [0.3, 0.4) is 0 Å². The highest BCUT2D eigenvalue weighted by Crippen LogP contribution is 2.25. The van der Waals surface area contributed by atoms with Gasteiger partial charge < -0.3 is 9.47 Å². The molecule has 0 saturated heterocycles. The lowest BCUT2D eigenvalue weighted by Crippen LogP contribution is -2.13. The topological polar surface area (TPSA) is 60.5 Å². The number of carbonyl (C=O) groups is 1. The second-order valence-corrected chi connectivity index (χ2v) is 5.03. The van der Waals surface area contributed by atoms with Crippen LogP contribution in [0.25, 0.3) is 0 Å². The summed E-state index contributed by atoms with van der Waals surface area (Å²) in [7, 11) is 3.07. The van der Waals surface area contributed by atoms with Crippen LogP contribution in [-0.2, 0) is 0 Å². The Bertz CT molecular complexity index is 595. The molecule has 1 aromatic carbocycles. The molecule has 0 atom stereocenters. The number of rotatable bonds is 4. The maximum Gasteiger partial charge on any atom is 0.261 e. The Morgan fingerprint density at radius 2 is 2.11 bits per heavy atom. The van der Waals surface area contributed by atoms with Crippen LogP contribution in [-0.4, -0.2) is 25.1 Å². The van der Waals surface area contributed by atoms with Crippen molar-refractivity contribution in [2.24, 2.45) is 0 Å². The van der Waals surface area contributed by atoms with Crippen LogP contribution in [0.5, 0.6) is 11.5 Å². The number of anilines is 1. The van der Waals surface area contributed by atoms with Gasteiger partial charge in [0.1, 0.15) is 11.5 Å². The Labute approximate surface area is 115 Å². The van der Waals surface area contributed by atoms with E-state index in [9.17, 15) is 4.79 Å². The fourth-order valence-corrected chi connectivity index (χ4v) is 2.23. The van der Waals surface area contributed by atoms with Gasteiger partial charge in [0.05, 0.1) is 19.8 Å². The Balaban J connectivity index is 2.26. The number of aromatic nitrogens is 1. The summed E-state index contributed by atoms with van der Waals surface area (Å²) in [5, 5.41) is 3.30. The number of benzene rings is 1. The molecule has 0 aliphatic carbocycles. The molecule has 0 aliphatic rings. The number of nitrogens with zero attached hydrogens (tertiary/aromatic N) is 1. The molecule has 0 aliphatic heterocycles. The second-order valence-electron chi connectivity index (χ2n) is 3.80. The summed E-state index contributed by atoms with van der Waals surface area (Å²) in [5.41, 5.74) is 0.412. The Hall–Kier alpha value is -2.08. The van der Waals surface area contributed by atoms with Crippen molar-refractivity contribution >= 4 is 22.4 Å². The van der Waals surface area contributed by atoms with Crippen LogP contribution in [0, 0.1) is 6.92 Å². The summed E-state index contributed by atoms with van der Waals surface area (Å²) >= 11 is 1.42. The Kier molecular flexibility index (Phi) is 4.01. The normalized spacial score (nSPS) is 10.1. The molecule has 0 saturated carbocycles. The highest BCUT2D eigenvalue weighted by atomic mass is 32.1. The van der Waals surface area contributed by atoms with Crippen molar-refractivity contribution in [3.63, 3.8) is 0 Å². The minimum absolute atomic E-state index is 0.273. The summed E-state index contributed by atoms with van der Waals surface area (Å²) in [6.07, 6.45) is 1.71. The van der Waals surface area contributed by atoms with E-state index in [0.717, 1.165) is 4.88 Å². The predicted octanol–water partition coefficient (Wildman–Crippen LogP) is 2.72. The quantitative estimate of drug-likeness (QED) is 0.934. The zero-order valence-electron chi connectivity index (χ0n) is 10.9. The minimum atomic E-state index is -0.273. The Morgan fingerprint density at radius 3 is 2.68 bits per heavy atom. The summed E-state index contributed by atoms with van der Waals surface area (Å²) < 4.78 is 10.3. The van der Waals surface area contributed by atoms with Crippen molar-refractivity contribution in [2.45, 2.75) is 6.92 Å². The van der Waals surface area contributed by atoms with Crippen molar-refractivity contribution in [3.8, 4) is 11.5 Å². The van der Waals surface area contributed by atoms with Crippen LogP contribution in [0.15, 0.2) is 24.4 Å². The first-order valence-electron chi connectivity index (χ1n) is 5.60. The Morgan fingerprint density at radius 1 is 1.32 bits per heavy atom. The van der Waals surface area contributed by atoms with Crippen molar-refractivity contribution in [2.75, 3.05) is 19.5 Å². The number of ether oxygens (including phenoxy) is 2.